The molecule has 0 spiro atoms. The van der Waals surface area contributed by atoms with Gasteiger partial charge in [0, 0.05) is 30.5 Å². The zero-order valence-corrected chi connectivity index (χ0v) is 31.2. The second kappa shape index (κ2) is 19.4. The van der Waals surface area contributed by atoms with E-state index in [0.29, 0.717) is 20.9 Å². The number of hydrogen-bond donors (Lipinski definition) is 7. The van der Waals surface area contributed by atoms with Crippen molar-refractivity contribution in [3.8, 4) is 0 Å². The lowest BCUT2D eigenvalue weighted by Crippen LogP contribution is -2.21. The molecule has 0 saturated carbocycles. The molecule has 0 aliphatic carbocycles. The molecule has 53 heavy (non-hydrogen) atoms. The zero-order valence-electron chi connectivity index (χ0n) is 26.9. The zero-order chi connectivity index (χ0) is 39.4. The standard InChI is InChI=1S/C14H12IN3O4.C13H7F4IN2O2.C7H7NO/c1-8-6-9(15)2-5-12(8)16-13-7-10(18(21)22)3-4-11(13)14(19)17-20;14-7-3-5(18)1-2-9(7)19-12-6(13(21)20-22)4-8(15)10(16)11(12)17;8-7(9)6-4-2-1-3-5-6/h2-7,16,20H,1H3,(H,17,19);1-4,19,22H,(H,20,21);1-5H,(H2,8,9). The molecule has 5 aromatic carbocycles. The molecule has 276 valence electrons. The Morgan fingerprint density at radius 3 is 1.81 bits per heavy atom. The van der Waals surface area contributed by atoms with Crippen molar-refractivity contribution in [2.45, 2.75) is 6.92 Å². The third-order valence-electron chi connectivity index (χ3n) is 6.78. The highest BCUT2D eigenvalue weighted by Gasteiger charge is 2.24. The van der Waals surface area contributed by atoms with Gasteiger partial charge in [0.05, 0.1) is 33.1 Å². The highest BCUT2D eigenvalue weighted by molar-refractivity contribution is 14.1. The van der Waals surface area contributed by atoms with Gasteiger partial charge in [0.15, 0.2) is 17.5 Å². The topological polar surface area (TPSA) is 209 Å². The Bertz CT molecular complexity index is 2160. The minimum absolute atomic E-state index is 0.103. The Hall–Kier alpha value is -5.39. The van der Waals surface area contributed by atoms with Crippen molar-refractivity contribution in [2.75, 3.05) is 10.6 Å². The van der Waals surface area contributed by atoms with E-state index in [1.54, 1.807) is 24.3 Å². The van der Waals surface area contributed by atoms with Crippen molar-refractivity contribution < 1.29 is 47.3 Å². The molecule has 0 saturated heterocycles. The van der Waals surface area contributed by atoms with Gasteiger partial charge in [0.25, 0.3) is 17.5 Å². The molecule has 0 heterocycles. The number of primary amides is 1. The number of halogens is 6. The number of aryl methyl sites for hydroxylation is 1. The number of nitrogens with zero attached hydrogens (tertiary/aromatic N) is 1. The molecule has 0 radical (unpaired) electrons. The van der Waals surface area contributed by atoms with Crippen molar-refractivity contribution in [2.24, 2.45) is 5.73 Å². The molecule has 13 nitrogen and oxygen atoms in total. The first-order chi connectivity index (χ1) is 25.1. The Balaban J connectivity index is 0.000000232. The Morgan fingerprint density at radius 1 is 0.698 bits per heavy atom. The monoisotopic (exact) mass is 960 g/mol. The van der Waals surface area contributed by atoms with Crippen molar-refractivity contribution in [3.63, 3.8) is 0 Å². The largest absolute Gasteiger partial charge is 0.366 e. The van der Waals surface area contributed by atoms with Gasteiger partial charge in [0.1, 0.15) is 5.82 Å². The number of benzene rings is 5. The Labute approximate surface area is 324 Å². The summed E-state index contributed by atoms with van der Waals surface area (Å²) in [7, 11) is 0. The first-order valence-corrected chi connectivity index (χ1v) is 16.7. The Kier molecular flexibility index (Phi) is 15.4. The number of rotatable bonds is 8. The van der Waals surface area contributed by atoms with Gasteiger partial charge >= 0.3 is 0 Å². The van der Waals surface area contributed by atoms with Crippen LogP contribution in [0.1, 0.15) is 36.6 Å². The smallest absolute Gasteiger partial charge is 0.276 e. The number of nitrogens with one attached hydrogen (secondary N) is 4. The fourth-order valence-corrected chi connectivity index (χ4v) is 5.30. The maximum atomic E-state index is 13.9. The van der Waals surface area contributed by atoms with Crippen LogP contribution in [0, 0.1) is 47.4 Å². The summed E-state index contributed by atoms with van der Waals surface area (Å²) in [6, 6.07) is 22.4. The quantitative estimate of drug-likeness (QED) is 0.0201. The summed E-state index contributed by atoms with van der Waals surface area (Å²) in [5, 5.41) is 33.4. The van der Waals surface area contributed by atoms with Crippen molar-refractivity contribution >= 4 is 91.3 Å². The van der Waals surface area contributed by atoms with Crippen LogP contribution in [0.15, 0.2) is 91.0 Å². The molecule has 0 aliphatic rings. The van der Waals surface area contributed by atoms with Crippen LogP contribution in [-0.4, -0.2) is 33.1 Å². The van der Waals surface area contributed by atoms with E-state index in [4.69, 9.17) is 16.1 Å². The molecule has 5 aromatic rings. The van der Waals surface area contributed by atoms with Gasteiger partial charge in [-0.3, -0.25) is 34.9 Å². The van der Waals surface area contributed by atoms with Gasteiger partial charge in [-0.15, -0.1) is 0 Å². The third kappa shape index (κ3) is 11.6. The van der Waals surface area contributed by atoms with Crippen LogP contribution in [0.3, 0.4) is 0 Å². The molecule has 0 bridgehead atoms. The van der Waals surface area contributed by atoms with Gasteiger partial charge in [0.2, 0.25) is 5.91 Å². The van der Waals surface area contributed by atoms with Crippen LogP contribution < -0.4 is 27.3 Å². The average molecular weight is 960 g/mol. The van der Waals surface area contributed by atoms with Crippen LogP contribution in [0.2, 0.25) is 0 Å². The number of non-ortho nitro benzene ring substituents is 1. The lowest BCUT2D eigenvalue weighted by atomic mass is 10.1. The van der Waals surface area contributed by atoms with E-state index in [9.17, 15) is 42.1 Å². The first-order valence-electron chi connectivity index (χ1n) is 14.5. The van der Waals surface area contributed by atoms with Crippen LogP contribution in [-0.2, 0) is 0 Å². The number of nitrogens with two attached hydrogens (primary N) is 1. The maximum Gasteiger partial charge on any atom is 0.276 e. The van der Waals surface area contributed by atoms with E-state index in [0.717, 1.165) is 15.2 Å². The number of carbonyl (C=O) groups is 3. The minimum Gasteiger partial charge on any atom is -0.366 e. The number of carbonyl (C=O) groups excluding carboxylic acids is 3. The number of nitro groups is 1. The fraction of sp³-hybridized carbons (Fsp3) is 0.0294. The summed E-state index contributed by atoms with van der Waals surface area (Å²) < 4.78 is 55.7. The molecular formula is C34H26F4I2N6O7. The Morgan fingerprint density at radius 2 is 1.28 bits per heavy atom. The number of anilines is 4. The second-order valence-corrected chi connectivity index (χ2v) is 12.8. The predicted octanol–water partition coefficient (Wildman–Crippen LogP) is 7.87. The van der Waals surface area contributed by atoms with Gasteiger partial charge in [-0.25, -0.2) is 28.5 Å². The lowest BCUT2D eigenvalue weighted by molar-refractivity contribution is -0.384. The van der Waals surface area contributed by atoms with Crippen LogP contribution in [0.25, 0.3) is 0 Å². The van der Waals surface area contributed by atoms with Crippen molar-refractivity contribution in [1.29, 1.82) is 0 Å². The number of hydrogen-bond acceptors (Lipinski definition) is 9. The number of hydroxylamine groups is 2. The fourth-order valence-electron chi connectivity index (χ4n) is 4.20. The van der Waals surface area contributed by atoms with Gasteiger partial charge in [-0.05, 0) is 118 Å². The van der Waals surface area contributed by atoms with Crippen molar-refractivity contribution in [1.82, 2.24) is 11.0 Å². The van der Waals surface area contributed by atoms with Crippen LogP contribution in [0.5, 0.6) is 0 Å². The molecule has 3 amide bonds. The van der Waals surface area contributed by atoms with E-state index in [2.05, 4.69) is 33.2 Å². The molecule has 0 unspecified atom stereocenters. The molecule has 19 heteroatoms. The summed E-state index contributed by atoms with van der Waals surface area (Å²) in [4.78, 5) is 43.9. The molecular weight excluding hydrogens is 934 g/mol. The summed E-state index contributed by atoms with van der Waals surface area (Å²) >= 11 is 4.02. The minimum atomic E-state index is -1.83. The summed E-state index contributed by atoms with van der Waals surface area (Å²) in [6.07, 6.45) is 0. The maximum absolute atomic E-state index is 13.9. The van der Waals surface area contributed by atoms with Crippen LogP contribution in [0.4, 0.5) is 46.0 Å². The lowest BCUT2D eigenvalue weighted by Gasteiger charge is -2.13. The number of nitro benzene ring substituents is 1. The predicted molar refractivity (Wildman–Crippen MR) is 202 cm³/mol. The molecule has 0 aromatic heterocycles. The SMILES string of the molecule is Cc1cc(I)ccc1Nc1cc([N+](=O)[O-])ccc1C(=O)NO.NC(=O)c1ccccc1.O=C(NO)c1cc(F)c(F)c(F)c1Nc1ccc(I)cc1F. The molecule has 8 N–H and O–H groups in total. The highest BCUT2D eigenvalue weighted by atomic mass is 127. The summed E-state index contributed by atoms with van der Waals surface area (Å²) in [5.74, 6) is -8.36. The average Bonchev–Trinajstić information content (AvgIpc) is 3.14. The van der Waals surface area contributed by atoms with E-state index < -0.39 is 51.3 Å². The van der Waals surface area contributed by atoms with E-state index >= 15 is 0 Å². The molecule has 5 rings (SSSR count). The van der Waals surface area contributed by atoms with E-state index in [-0.39, 0.29) is 28.5 Å². The summed E-state index contributed by atoms with van der Waals surface area (Å²) in [5.41, 5.74) is 8.29. The van der Waals surface area contributed by atoms with Gasteiger partial charge in [-0.2, -0.15) is 0 Å². The van der Waals surface area contributed by atoms with Crippen LogP contribution >= 0.6 is 45.2 Å². The molecule has 0 aliphatic heterocycles. The highest BCUT2D eigenvalue weighted by Crippen LogP contribution is 2.31. The molecule has 0 fully saturated rings. The van der Waals surface area contributed by atoms with Crippen molar-refractivity contribution in [3.05, 3.63) is 154 Å². The normalized spacial score (nSPS) is 10.1. The van der Waals surface area contributed by atoms with Gasteiger partial charge in [-0.1, -0.05) is 18.2 Å². The number of amides is 3. The second-order valence-electron chi connectivity index (χ2n) is 10.3. The third-order valence-corrected chi connectivity index (χ3v) is 8.12. The first kappa shape index (κ1) is 42.0. The molecule has 0 atom stereocenters. The van der Waals surface area contributed by atoms with E-state index in [1.165, 1.54) is 41.3 Å². The van der Waals surface area contributed by atoms with E-state index in [1.807, 2.05) is 53.8 Å². The van der Waals surface area contributed by atoms with Gasteiger partial charge < -0.3 is 16.4 Å². The summed E-state index contributed by atoms with van der Waals surface area (Å²) in [6.45, 7) is 1.88.